The van der Waals surface area contributed by atoms with Crippen LogP contribution in [0.2, 0.25) is 5.02 Å². The molecule has 0 aliphatic rings. The molecule has 1 amide bonds. The quantitative estimate of drug-likeness (QED) is 0.583. The molecule has 30 heavy (non-hydrogen) atoms. The van der Waals surface area contributed by atoms with Crippen molar-refractivity contribution in [1.29, 1.82) is 0 Å². The van der Waals surface area contributed by atoms with Crippen molar-refractivity contribution in [1.82, 2.24) is 0 Å². The van der Waals surface area contributed by atoms with Crippen molar-refractivity contribution < 1.29 is 17.6 Å². The zero-order valence-corrected chi connectivity index (χ0v) is 18.0. The lowest BCUT2D eigenvalue weighted by Crippen LogP contribution is -2.38. The molecule has 0 aromatic heterocycles. The van der Waals surface area contributed by atoms with Crippen LogP contribution in [0.25, 0.3) is 0 Å². The number of amides is 1. The molecule has 8 heteroatoms. The Morgan fingerprint density at radius 3 is 2.33 bits per heavy atom. The van der Waals surface area contributed by atoms with Crippen molar-refractivity contribution in [3.05, 3.63) is 88.7 Å². The van der Waals surface area contributed by atoms with Crippen molar-refractivity contribution in [2.24, 2.45) is 0 Å². The largest absolute Gasteiger partial charge is 0.324 e. The van der Waals surface area contributed by atoms with Gasteiger partial charge in [-0.3, -0.25) is 9.10 Å². The van der Waals surface area contributed by atoms with Gasteiger partial charge < -0.3 is 5.32 Å². The zero-order valence-electron chi connectivity index (χ0n) is 16.4. The third-order valence-corrected chi connectivity index (χ3v) is 6.47. The lowest BCUT2D eigenvalue weighted by Gasteiger charge is -2.24. The number of hydrogen-bond acceptors (Lipinski definition) is 3. The van der Waals surface area contributed by atoms with Gasteiger partial charge in [0.1, 0.15) is 12.4 Å². The van der Waals surface area contributed by atoms with Crippen LogP contribution < -0.4 is 9.62 Å². The van der Waals surface area contributed by atoms with Gasteiger partial charge in [-0.25, -0.2) is 12.8 Å². The van der Waals surface area contributed by atoms with Crippen LogP contribution in [0.15, 0.2) is 71.6 Å². The van der Waals surface area contributed by atoms with Gasteiger partial charge in [-0.15, -0.1) is 0 Å². The van der Waals surface area contributed by atoms with E-state index in [0.717, 1.165) is 21.5 Å². The van der Waals surface area contributed by atoms with Gasteiger partial charge in [-0.2, -0.15) is 0 Å². The summed E-state index contributed by atoms with van der Waals surface area (Å²) >= 11 is 5.75. The molecule has 3 aromatic carbocycles. The molecule has 3 aromatic rings. The molecular formula is C22H20ClFN2O3S. The van der Waals surface area contributed by atoms with Gasteiger partial charge in [0.15, 0.2) is 0 Å². The van der Waals surface area contributed by atoms with Crippen molar-refractivity contribution in [3.63, 3.8) is 0 Å². The molecule has 0 spiro atoms. The Labute approximate surface area is 180 Å². The summed E-state index contributed by atoms with van der Waals surface area (Å²) in [5, 5.41) is 2.42. The number of hydrogen-bond donors (Lipinski definition) is 1. The van der Waals surface area contributed by atoms with Crippen molar-refractivity contribution in [2.75, 3.05) is 16.2 Å². The van der Waals surface area contributed by atoms with Gasteiger partial charge in [0.25, 0.3) is 10.0 Å². The number of halogens is 2. The summed E-state index contributed by atoms with van der Waals surface area (Å²) < 4.78 is 41.0. The second-order valence-corrected chi connectivity index (χ2v) is 9.11. The fourth-order valence-corrected chi connectivity index (χ4v) is 4.43. The summed E-state index contributed by atoms with van der Waals surface area (Å²) in [5.41, 5.74) is 2.40. The minimum Gasteiger partial charge on any atom is -0.324 e. The highest BCUT2D eigenvalue weighted by Gasteiger charge is 2.27. The van der Waals surface area contributed by atoms with Gasteiger partial charge >= 0.3 is 0 Å². The maximum Gasteiger partial charge on any atom is 0.264 e. The van der Waals surface area contributed by atoms with E-state index in [1.165, 1.54) is 24.3 Å². The average Bonchev–Trinajstić information content (AvgIpc) is 2.69. The topological polar surface area (TPSA) is 66.5 Å². The molecule has 0 saturated carbocycles. The Hall–Kier alpha value is -2.90. The molecule has 0 aliphatic carbocycles. The normalized spacial score (nSPS) is 11.2. The lowest BCUT2D eigenvalue weighted by atomic mass is 10.2. The van der Waals surface area contributed by atoms with Gasteiger partial charge in [-0.05, 0) is 61.9 Å². The molecule has 0 radical (unpaired) electrons. The van der Waals surface area contributed by atoms with Crippen LogP contribution in [0.4, 0.5) is 15.8 Å². The maximum absolute atomic E-state index is 13.3. The second-order valence-electron chi connectivity index (χ2n) is 6.84. The highest BCUT2D eigenvalue weighted by molar-refractivity contribution is 7.92. The van der Waals surface area contributed by atoms with E-state index in [1.54, 1.807) is 30.3 Å². The SMILES string of the molecule is Cc1ccc(S(=O)(=O)N(CC(=O)Nc2ccc(F)c(Cl)c2)c2cccc(C)c2)cc1. The number of rotatable bonds is 6. The average molecular weight is 447 g/mol. The molecule has 156 valence electrons. The molecule has 0 aliphatic heterocycles. The molecule has 0 atom stereocenters. The predicted octanol–water partition coefficient (Wildman–Crippen LogP) is 4.93. The molecule has 0 saturated heterocycles. The first-order chi connectivity index (χ1) is 14.2. The molecule has 5 nitrogen and oxygen atoms in total. The third kappa shape index (κ3) is 4.98. The Morgan fingerprint density at radius 2 is 1.70 bits per heavy atom. The van der Waals surface area contributed by atoms with Crippen LogP contribution >= 0.6 is 11.6 Å². The van der Waals surface area contributed by atoms with E-state index in [9.17, 15) is 17.6 Å². The first kappa shape index (κ1) is 21.8. The lowest BCUT2D eigenvalue weighted by molar-refractivity contribution is -0.114. The zero-order chi connectivity index (χ0) is 21.9. The molecule has 0 fully saturated rings. The minimum absolute atomic E-state index is 0.0761. The van der Waals surface area contributed by atoms with Gasteiger partial charge in [0.05, 0.1) is 15.6 Å². The Morgan fingerprint density at radius 1 is 1.00 bits per heavy atom. The summed E-state index contributed by atoms with van der Waals surface area (Å²) in [7, 11) is -4.00. The number of nitrogens with zero attached hydrogens (tertiary/aromatic N) is 1. The van der Waals surface area contributed by atoms with E-state index in [4.69, 9.17) is 11.6 Å². The van der Waals surface area contributed by atoms with Crippen molar-refractivity contribution >= 4 is 38.9 Å². The number of sulfonamides is 1. The van der Waals surface area contributed by atoms with Gasteiger partial charge in [-0.1, -0.05) is 41.4 Å². The summed E-state index contributed by atoms with van der Waals surface area (Å²) in [4.78, 5) is 12.7. The van der Waals surface area contributed by atoms with Crippen molar-refractivity contribution in [2.45, 2.75) is 18.7 Å². The smallest absolute Gasteiger partial charge is 0.264 e. The third-order valence-electron chi connectivity index (χ3n) is 4.39. The number of benzene rings is 3. The Kier molecular flexibility index (Phi) is 6.43. The van der Waals surface area contributed by atoms with E-state index >= 15 is 0 Å². The standard InChI is InChI=1S/C22H20ClFN2O3S/c1-15-6-9-19(10-7-15)30(28,29)26(18-5-3-4-16(2)12-18)14-22(27)25-17-8-11-21(24)20(23)13-17/h3-13H,14H2,1-2H3,(H,25,27). The first-order valence-electron chi connectivity index (χ1n) is 9.08. The number of aryl methyl sites for hydroxylation is 2. The predicted molar refractivity (Wildman–Crippen MR) is 117 cm³/mol. The molecule has 0 bridgehead atoms. The minimum atomic E-state index is -4.00. The highest BCUT2D eigenvalue weighted by Crippen LogP contribution is 2.25. The molecule has 1 N–H and O–H groups in total. The molecule has 0 unspecified atom stereocenters. The summed E-state index contributed by atoms with van der Waals surface area (Å²) in [6.45, 7) is 3.23. The van der Waals surface area contributed by atoms with Crippen LogP contribution in [0.5, 0.6) is 0 Å². The van der Waals surface area contributed by atoms with Gasteiger partial charge in [0, 0.05) is 5.69 Å². The van der Waals surface area contributed by atoms with Crippen molar-refractivity contribution in [3.8, 4) is 0 Å². The van der Waals surface area contributed by atoms with Crippen LogP contribution in [0, 0.1) is 19.7 Å². The fraction of sp³-hybridized carbons (Fsp3) is 0.136. The van der Waals surface area contributed by atoms with E-state index in [2.05, 4.69) is 5.32 Å². The summed E-state index contributed by atoms with van der Waals surface area (Å²) in [5.74, 6) is -1.20. The second kappa shape index (κ2) is 8.85. The number of nitrogens with one attached hydrogen (secondary N) is 1. The van der Waals surface area contributed by atoms with E-state index in [1.807, 2.05) is 19.9 Å². The molecule has 0 heterocycles. The number of anilines is 2. The molecular weight excluding hydrogens is 427 g/mol. The van der Waals surface area contributed by atoms with E-state index < -0.39 is 28.3 Å². The Bertz CT molecular complexity index is 1180. The fourth-order valence-electron chi connectivity index (χ4n) is 2.84. The summed E-state index contributed by atoms with van der Waals surface area (Å²) in [6.07, 6.45) is 0. The van der Waals surface area contributed by atoms with Gasteiger partial charge in [0.2, 0.25) is 5.91 Å². The van der Waals surface area contributed by atoms with Crippen LogP contribution in [0.1, 0.15) is 11.1 Å². The first-order valence-corrected chi connectivity index (χ1v) is 10.9. The monoisotopic (exact) mass is 446 g/mol. The maximum atomic E-state index is 13.3. The number of carbonyl (C=O) groups is 1. The highest BCUT2D eigenvalue weighted by atomic mass is 35.5. The van der Waals surface area contributed by atoms with Crippen LogP contribution in [-0.4, -0.2) is 20.9 Å². The number of carbonyl (C=O) groups excluding carboxylic acids is 1. The van der Waals surface area contributed by atoms with E-state index in [-0.39, 0.29) is 15.6 Å². The Balaban J connectivity index is 1.94. The molecule has 3 rings (SSSR count). The van der Waals surface area contributed by atoms with Crippen LogP contribution in [-0.2, 0) is 14.8 Å². The van der Waals surface area contributed by atoms with Crippen LogP contribution in [0.3, 0.4) is 0 Å². The summed E-state index contributed by atoms with van der Waals surface area (Å²) in [6, 6.07) is 17.0. The van der Waals surface area contributed by atoms with E-state index in [0.29, 0.717) is 5.69 Å².